The molecule has 0 aliphatic rings. The average molecular weight is 377 g/mol. The van der Waals surface area contributed by atoms with Crippen LogP contribution in [0.4, 0.5) is 13.2 Å². The highest BCUT2D eigenvalue weighted by Gasteiger charge is 2.32. The maximum absolute atomic E-state index is 12.8. The average Bonchev–Trinajstić information content (AvgIpc) is 3.01. The highest BCUT2D eigenvalue weighted by atomic mass is 35.5. The van der Waals surface area contributed by atoms with Gasteiger partial charge in [-0.1, -0.05) is 32.0 Å². The van der Waals surface area contributed by atoms with E-state index in [1.165, 1.54) is 18.4 Å². The third kappa shape index (κ3) is 5.24. The van der Waals surface area contributed by atoms with Crippen molar-refractivity contribution in [2.75, 3.05) is 6.54 Å². The van der Waals surface area contributed by atoms with Crippen LogP contribution in [-0.2, 0) is 18.1 Å². The SMILES string of the molecule is CC(C)(CNC(=O)c1coc(CN)c1)c1cccc(C(F)(F)F)c1.Cl. The summed E-state index contributed by atoms with van der Waals surface area (Å²) in [7, 11) is 0. The van der Waals surface area contributed by atoms with Crippen molar-refractivity contribution in [3.05, 3.63) is 59.0 Å². The van der Waals surface area contributed by atoms with Crippen LogP contribution in [0.3, 0.4) is 0 Å². The molecule has 3 N–H and O–H groups in total. The first kappa shape index (κ1) is 21.1. The lowest BCUT2D eigenvalue weighted by Crippen LogP contribution is -2.36. The quantitative estimate of drug-likeness (QED) is 0.831. The largest absolute Gasteiger partial charge is 0.467 e. The van der Waals surface area contributed by atoms with Crippen molar-refractivity contribution >= 4 is 18.3 Å². The third-order valence-electron chi connectivity index (χ3n) is 3.78. The van der Waals surface area contributed by atoms with Crippen molar-refractivity contribution in [2.24, 2.45) is 5.73 Å². The number of nitrogens with one attached hydrogen (secondary N) is 1. The highest BCUT2D eigenvalue weighted by Crippen LogP contribution is 2.32. The van der Waals surface area contributed by atoms with E-state index in [2.05, 4.69) is 5.32 Å². The molecule has 2 rings (SSSR count). The molecule has 8 heteroatoms. The zero-order valence-corrected chi connectivity index (χ0v) is 14.6. The lowest BCUT2D eigenvalue weighted by atomic mass is 9.83. The number of rotatable bonds is 5. The molecule has 1 amide bonds. The summed E-state index contributed by atoms with van der Waals surface area (Å²) in [6.07, 6.45) is -3.10. The smallest absolute Gasteiger partial charge is 0.416 e. The molecule has 0 fully saturated rings. The van der Waals surface area contributed by atoms with Crippen molar-refractivity contribution in [1.82, 2.24) is 5.32 Å². The van der Waals surface area contributed by atoms with E-state index in [0.29, 0.717) is 16.9 Å². The molecule has 4 nitrogen and oxygen atoms in total. The molecular formula is C17H20ClF3N2O2. The second-order valence-corrected chi connectivity index (χ2v) is 6.15. The summed E-state index contributed by atoms with van der Waals surface area (Å²) in [6, 6.07) is 6.65. The summed E-state index contributed by atoms with van der Waals surface area (Å²) >= 11 is 0. The van der Waals surface area contributed by atoms with Gasteiger partial charge < -0.3 is 15.5 Å². The van der Waals surface area contributed by atoms with E-state index in [9.17, 15) is 18.0 Å². The standard InChI is InChI=1S/C17H19F3N2O2.ClH/c1-16(2,12-4-3-5-13(7-12)17(18,19)20)10-22-15(23)11-6-14(8-21)24-9-11;/h3-7,9H,8,10,21H2,1-2H3,(H,22,23);1H. The van der Waals surface area contributed by atoms with E-state index in [-0.39, 0.29) is 31.4 Å². The van der Waals surface area contributed by atoms with Gasteiger partial charge in [0.1, 0.15) is 12.0 Å². The second kappa shape index (κ2) is 7.93. The van der Waals surface area contributed by atoms with Crippen molar-refractivity contribution in [1.29, 1.82) is 0 Å². The van der Waals surface area contributed by atoms with Crippen LogP contribution < -0.4 is 11.1 Å². The summed E-state index contributed by atoms with van der Waals surface area (Å²) in [5, 5.41) is 2.71. The van der Waals surface area contributed by atoms with Crippen molar-refractivity contribution in [3.8, 4) is 0 Å². The topological polar surface area (TPSA) is 68.3 Å². The summed E-state index contributed by atoms with van der Waals surface area (Å²) in [6.45, 7) is 3.90. The Morgan fingerprint density at radius 3 is 2.40 bits per heavy atom. The Kier molecular flexibility index (Phi) is 6.68. The number of carbonyl (C=O) groups is 1. The lowest BCUT2D eigenvalue weighted by molar-refractivity contribution is -0.137. The number of amides is 1. The maximum Gasteiger partial charge on any atom is 0.416 e. The van der Waals surface area contributed by atoms with Crippen LogP contribution in [0, 0.1) is 0 Å². The van der Waals surface area contributed by atoms with E-state index in [1.807, 2.05) is 0 Å². The fraction of sp³-hybridized carbons (Fsp3) is 0.353. The molecule has 2 aromatic rings. The van der Waals surface area contributed by atoms with E-state index in [1.54, 1.807) is 19.9 Å². The number of carbonyl (C=O) groups excluding carboxylic acids is 1. The molecule has 0 saturated carbocycles. The van der Waals surface area contributed by atoms with Gasteiger partial charge in [-0.3, -0.25) is 4.79 Å². The normalized spacial score (nSPS) is 11.8. The Morgan fingerprint density at radius 1 is 1.20 bits per heavy atom. The van der Waals surface area contributed by atoms with Crippen LogP contribution in [-0.4, -0.2) is 12.5 Å². The number of furan rings is 1. The van der Waals surface area contributed by atoms with E-state index in [0.717, 1.165) is 12.1 Å². The molecule has 25 heavy (non-hydrogen) atoms. The van der Waals surface area contributed by atoms with Crippen LogP contribution in [0.15, 0.2) is 41.0 Å². The Bertz CT molecular complexity index is 727. The van der Waals surface area contributed by atoms with Gasteiger partial charge in [0.05, 0.1) is 17.7 Å². The highest BCUT2D eigenvalue weighted by molar-refractivity contribution is 5.94. The van der Waals surface area contributed by atoms with Crippen molar-refractivity contribution in [2.45, 2.75) is 32.0 Å². The van der Waals surface area contributed by atoms with Gasteiger partial charge in [0.2, 0.25) is 0 Å². The molecular weight excluding hydrogens is 357 g/mol. The Hall–Kier alpha value is -1.99. The summed E-state index contributed by atoms with van der Waals surface area (Å²) in [4.78, 5) is 12.1. The van der Waals surface area contributed by atoms with Crippen LogP contribution in [0.1, 0.15) is 41.1 Å². The predicted molar refractivity (Wildman–Crippen MR) is 90.7 cm³/mol. The first-order valence-electron chi connectivity index (χ1n) is 7.37. The van der Waals surface area contributed by atoms with Gasteiger partial charge in [-0.15, -0.1) is 12.4 Å². The van der Waals surface area contributed by atoms with Gasteiger partial charge in [0, 0.05) is 12.0 Å². The summed E-state index contributed by atoms with van der Waals surface area (Å²) in [5.74, 6) is 0.121. The van der Waals surface area contributed by atoms with E-state index >= 15 is 0 Å². The molecule has 1 aromatic heterocycles. The molecule has 0 radical (unpaired) electrons. The lowest BCUT2D eigenvalue weighted by Gasteiger charge is -2.26. The van der Waals surface area contributed by atoms with Crippen LogP contribution >= 0.6 is 12.4 Å². The van der Waals surface area contributed by atoms with Gasteiger partial charge in [-0.05, 0) is 17.7 Å². The minimum atomic E-state index is -4.40. The maximum atomic E-state index is 12.8. The molecule has 0 aliphatic carbocycles. The fourth-order valence-electron chi connectivity index (χ4n) is 2.23. The van der Waals surface area contributed by atoms with E-state index in [4.69, 9.17) is 10.2 Å². The van der Waals surface area contributed by atoms with Gasteiger partial charge in [-0.25, -0.2) is 0 Å². The Balaban J connectivity index is 0.00000312. The van der Waals surface area contributed by atoms with E-state index < -0.39 is 17.2 Å². The van der Waals surface area contributed by atoms with Crippen molar-refractivity contribution < 1.29 is 22.4 Å². The molecule has 0 saturated heterocycles. The first-order chi connectivity index (χ1) is 11.1. The first-order valence-corrected chi connectivity index (χ1v) is 7.37. The van der Waals surface area contributed by atoms with Gasteiger partial charge >= 0.3 is 6.18 Å². The second-order valence-electron chi connectivity index (χ2n) is 6.15. The Morgan fingerprint density at radius 2 is 1.84 bits per heavy atom. The number of halogens is 4. The van der Waals surface area contributed by atoms with Gasteiger partial charge in [-0.2, -0.15) is 13.2 Å². The van der Waals surface area contributed by atoms with Crippen molar-refractivity contribution in [3.63, 3.8) is 0 Å². The Labute approximate surface area is 150 Å². The molecule has 0 aliphatic heterocycles. The zero-order chi connectivity index (χ0) is 18.0. The number of hydrogen-bond donors (Lipinski definition) is 2. The third-order valence-corrected chi connectivity index (χ3v) is 3.78. The summed E-state index contributed by atoms with van der Waals surface area (Å²) in [5.41, 5.74) is 4.86. The van der Waals surface area contributed by atoms with Crippen LogP contribution in [0.2, 0.25) is 0 Å². The minimum absolute atomic E-state index is 0. The zero-order valence-electron chi connectivity index (χ0n) is 13.8. The molecule has 0 atom stereocenters. The van der Waals surface area contributed by atoms with Gasteiger partial charge in [0.25, 0.3) is 5.91 Å². The molecule has 0 unspecified atom stereocenters. The minimum Gasteiger partial charge on any atom is -0.467 e. The molecule has 0 bridgehead atoms. The number of alkyl halides is 3. The molecule has 0 spiro atoms. The van der Waals surface area contributed by atoms with Crippen LogP contribution in [0.5, 0.6) is 0 Å². The number of nitrogens with two attached hydrogens (primary N) is 1. The molecule has 1 heterocycles. The number of hydrogen-bond acceptors (Lipinski definition) is 3. The fourth-order valence-corrected chi connectivity index (χ4v) is 2.23. The summed E-state index contributed by atoms with van der Waals surface area (Å²) < 4.78 is 43.6. The monoisotopic (exact) mass is 376 g/mol. The van der Waals surface area contributed by atoms with Crippen LogP contribution in [0.25, 0.3) is 0 Å². The molecule has 1 aromatic carbocycles. The predicted octanol–water partition coefficient (Wildman–Crippen LogP) is 3.89. The van der Waals surface area contributed by atoms with Gasteiger partial charge in [0.15, 0.2) is 0 Å². The molecule has 138 valence electrons. The number of benzene rings is 1.